The molecule has 0 saturated carbocycles. The van der Waals surface area contributed by atoms with Gasteiger partial charge < -0.3 is 20.2 Å². The third-order valence-electron chi connectivity index (χ3n) is 4.54. The Hall–Kier alpha value is -2.29. The van der Waals surface area contributed by atoms with E-state index in [1.54, 1.807) is 4.90 Å². The van der Waals surface area contributed by atoms with Crippen LogP contribution in [-0.4, -0.2) is 71.7 Å². The van der Waals surface area contributed by atoms with Crippen LogP contribution in [0.4, 0.5) is 18.9 Å². The minimum Gasteiger partial charge on any atom is -0.391 e. The summed E-state index contributed by atoms with van der Waals surface area (Å²) in [5.41, 5.74) is 0.799. The normalized spacial score (nSPS) is 21.1. The number of carbonyl (C=O) groups excluding carboxylic acids is 2. The lowest BCUT2D eigenvalue weighted by Crippen LogP contribution is -2.42. The van der Waals surface area contributed by atoms with Gasteiger partial charge in [0.05, 0.1) is 11.7 Å². The smallest absolute Gasteiger partial charge is 0.391 e. The van der Waals surface area contributed by atoms with Gasteiger partial charge in [-0.15, -0.1) is 0 Å². The summed E-state index contributed by atoms with van der Waals surface area (Å²) in [5, 5.41) is 12.6. The van der Waals surface area contributed by atoms with Gasteiger partial charge in [-0.05, 0) is 31.0 Å². The number of hydrogen-bond acceptors (Lipinski definition) is 4. The van der Waals surface area contributed by atoms with Crippen LogP contribution in [-0.2, 0) is 0 Å². The first kappa shape index (κ1) is 18.5. The molecule has 142 valence electrons. The highest BCUT2D eigenvalue weighted by Gasteiger charge is 2.35. The minimum absolute atomic E-state index is 0.0748. The van der Waals surface area contributed by atoms with Gasteiger partial charge in [-0.1, -0.05) is 0 Å². The molecule has 2 amide bonds. The van der Waals surface area contributed by atoms with Crippen LogP contribution >= 0.6 is 0 Å². The summed E-state index contributed by atoms with van der Waals surface area (Å²) in [6, 6.07) is 4.32. The maximum atomic E-state index is 12.6. The number of piperidine rings is 1. The van der Waals surface area contributed by atoms with Crippen molar-refractivity contribution in [1.29, 1.82) is 0 Å². The van der Waals surface area contributed by atoms with Crippen LogP contribution in [0, 0.1) is 0 Å². The molecule has 0 aliphatic carbocycles. The average Bonchev–Trinajstić information content (AvgIpc) is 2.72. The molecule has 1 aromatic carbocycles. The monoisotopic (exact) mass is 371 g/mol. The van der Waals surface area contributed by atoms with Crippen LogP contribution in [0.2, 0.25) is 0 Å². The molecule has 0 radical (unpaired) electrons. The largest absolute Gasteiger partial charge is 0.406 e. The second-order valence-electron chi connectivity index (χ2n) is 6.58. The number of nitrogens with one attached hydrogen (secondary N) is 1. The Labute approximate surface area is 148 Å². The molecule has 2 aliphatic heterocycles. The van der Waals surface area contributed by atoms with Crippen LogP contribution in [0.5, 0.6) is 0 Å². The van der Waals surface area contributed by atoms with Crippen LogP contribution in [0.3, 0.4) is 0 Å². The summed E-state index contributed by atoms with van der Waals surface area (Å²) in [5.74, 6) is -0.980. The number of aliphatic hydroxyl groups is 1. The summed E-state index contributed by atoms with van der Waals surface area (Å²) in [4.78, 5) is 27.3. The van der Waals surface area contributed by atoms with Gasteiger partial charge >= 0.3 is 6.18 Å². The number of amides is 2. The number of nitrogens with zero attached hydrogens (tertiary/aromatic N) is 2. The number of alkyl halides is 3. The van der Waals surface area contributed by atoms with E-state index in [1.165, 1.54) is 18.2 Å². The molecule has 2 heterocycles. The fourth-order valence-electron chi connectivity index (χ4n) is 3.30. The molecule has 0 spiro atoms. The van der Waals surface area contributed by atoms with E-state index in [1.807, 2.05) is 0 Å². The van der Waals surface area contributed by atoms with E-state index < -0.39 is 24.7 Å². The topological polar surface area (TPSA) is 72.9 Å². The van der Waals surface area contributed by atoms with Gasteiger partial charge in [0, 0.05) is 37.4 Å². The molecular formula is C17H20F3N3O3. The zero-order chi connectivity index (χ0) is 18.9. The lowest BCUT2D eigenvalue weighted by atomic mass is 10.0. The Morgan fingerprint density at radius 1 is 1.31 bits per heavy atom. The molecule has 9 heteroatoms. The number of likely N-dealkylation sites (tertiary alicyclic amines) is 1. The minimum atomic E-state index is -4.47. The van der Waals surface area contributed by atoms with Crippen molar-refractivity contribution in [3.63, 3.8) is 0 Å². The van der Waals surface area contributed by atoms with Crippen LogP contribution in [0.25, 0.3) is 0 Å². The fraction of sp³-hybridized carbons (Fsp3) is 0.529. The lowest BCUT2D eigenvalue weighted by Gasteiger charge is -2.30. The van der Waals surface area contributed by atoms with E-state index >= 15 is 0 Å². The van der Waals surface area contributed by atoms with Crippen molar-refractivity contribution in [2.75, 3.05) is 38.0 Å². The van der Waals surface area contributed by atoms with Crippen molar-refractivity contribution in [3.8, 4) is 0 Å². The third kappa shape index (κ3) is 4.09. The van der Waals surface area contributed by atoms with Gasteiger partial charge in [-0.25, -0.2) is 0 Å². The van der Waals surface area contributed by atoms with Crippen molar-refractivity contribution in [1.82, 2.24) is 9.80 Å². The standard InChI is InChI=1S/C17H20F3N3O3/c18-17(19,20)10-23-7-5-21-14-8-11(3-4-13(14)16(23)26)15(25)22-6-1-2-12(24)9-22/h3-4,8,12,21,24H,1-2,5-7,9-10H2. The molecule has 1 aromatic rings. The average molecular weight is 371 g/mol. The number of anilines is 1. The number of benzene rings is 1. The first-order chi connectivity index (χ1) is 12.2. The van der Waals surface area contributed by atoms with Crippen LogP contribution in [0.15, 0.2) is 18.2 Å². The molecule has 2 N–H and O–H groups in total. The number of aliphatic hydroxyl groups excluding tert-OH is 1. The molecule has 6 nitrogen and oxygen atoms in total. The molecule has 0 bridgehead atoms. The van der Waals surface area contributed by atoms with Gasteiger partial charge in [-0.3, -0.25) is 9.59 Å². The second kappa shape index (κ2) is 7.14. The SMILES string of the molecule is O=C(c1ccc2c(c1)NCCN(CC(F)(F)F)C2=O)N1CCCC(O)C1. The second-order valence-corrected chi connectivity index (χ2v) is 6.58. The number of carbonyl (C=O) groups is 2. The molecule has 3 rings (SSSR count). The van der Waals surface area contributed by atoms with E-state index in [2.05, 4.69) is 5.32 Å². The molecule has 2 aliphatic rings. The van der Waals surface area contributed by atoms with Crippen molar-refractivity contribution in [3.05, 3.63) is 29.3 Å². The van der Waals surface area contributed by atoms with Gasteiger partial charge in [0.25, 0.3) is 11.8 Å². The predicted molar refractivity (Wildman–Crippen MR) is 88.0 cm³/mol. The maximum Gasteiger partial charge on any atom is 0.406 e. The summed E-state index contributed by atoms with van der Waals surface area (Å²) >= 11 is 0. The van der Waals surface area contributed by atoms with Gasteiger partial charge in [0.15, 0.2) is 0 Å². The Morgan fingerprint density at radius 2 is 2.08 bits per heavy atom. The van der Waals surface area contributed by atoms with Crippen molar-refractivity contribution >= 4 is 17.5 Å². The summed E-state index contributed by atoms with van der Waals surface area (Å²) in [6.45, 7) is -0.427. The predicted octanol–water partition coefficient (Wildman–Crippen LogP) is 1.71. The van der Waals surface area contributed by atoms with Crippen LogP contribution < -0.4 is 5.32 Å². The zero-order valence-corrected chi connectivity index (χ0v) is 14.1. The van der Waals surface area contributed by atoms with Gasteiger partial charge in [-0.2, -0.15) is 13.2 Å². The first-order valence-corrected chi connectivity index (χ1v) is 8.46. The highest BCUT2D eigenvalue weighted by molar-refractivity contribution is 6.03. The zero-order valence-electron chi connectivity index (χ0n) is 14.1. The number of rotatable bonds is 2. The number of hydrogen-bond donors (Lipinski definition) is 2. The fourth-order valence-corrected chi connectivity index (χ4v) is 3.30. The van der Waals surface area contributed by atoms with Crippen molar-refractivity contribution in [2.45, 2.75) is 25.1 Å². The third-order valence-corrected chi connectivity index (χ3v) is 4.54. The molecule has 26 heavy (non-hydrogen) atoms. The highest BCUT2D eigenvalue weighted by Crippen LogP contribution is 2.26. The first-order valence-electron chi connectivity index (χ1n) is 8.46. The van der Waals surface area contributed by atoms with E-state index in [4.69, 9.17) is 0 Å². The molecular weight excluding hydrogens is 351 g/mol. The molecule has 1 saturated heterocycles. The van der Waals surface area contributed by atoms with Gasteiger partial charge in [0.1, 0.15) is 6.54 Å². The van der Waals surface area contributed by atoms with E-state index in [9.17, 15) is 27.9 Å². The molecule has 1 atom stereocenters. The Balaban J connectivity index is 1.81. The van der Waals surface area contributed by atoms with Crippen molar-refractivity contribution in [2.24, 2.45) is 0 Å². The van der Waals surface area contributed by atoms with Crippen LogP contribution in [0.1, 0.15) is 33.6 Å². The quantitative estimate of drug-likeness (QED) is 0.830. The number of fused-ring (bicyclic) bond motifs is 1. The van der Waals surface area contributed by atoms with Gasteiger partial charge in [0.2, 0.25) is 0 Å². The Bertz CT molecular complexity index is 708. The summed E-state index contributed by atoms with van der Waals surface area (Å²) in [6.07, 6.45) is -3.66. The molecule has 1 fully saturated rings. The summed E-state index contributed by atoms with van der Waals surface area (Å²) < 4.78 is 37.9. The Morgan fingerprint density at radius 3 is 2.77 bits per heavy atom. The maximum absolute atomic E-state index is 12.6. The van der Waals surface area contributed by atoms with E-state index in [0.29, 0.717) is 30.6 Å². The molecule has 1 unspecified atom stereocenters. The number of halogens is 3. The molecule has 0 aromatic heterocycles. The lowest BCUT2D eigenvalue weighted by molar-refractivity contribution is -0.140. The highest BCUT2D eigenvalue weighted by atomic mass is 19.4. The Kier molecular flexibility index (Phi) is 5.08. The summed E-state index contributed by atoms with van der Waals surface area (Å²) in [7, 11) is 0. The number of β-amino-alcohol motifs (C(OH)–C–C–N with tert-alkyl or cyclic N) is 1. The van der Waals surface area contributed by atoms with Crippen molar-refractivity contribution < 1.29 is 27.9 Å². The van der Waals surface area contributed by atoms with E-state index in [0.717, 1.165) is 4.90 Å². The van der Waals surface area contributed by atoms with E-state index in [-0.39, 0.29) is 31.1 Å².